The zero-order valence-corrected chi connectivity index (χ0v) is 9.53. The lowest BCUT2D eigenvalue weighted by atomic mass is 10.1. The molecule has 1 heterocycles. The maximum absolute atomic E-state index is 12.0. The van der Waals surface area contributed by atoms with Gasteiger partial charge in [0.2, 0.25) is 5.91 Å². The zero-order chi connectivity index (χ0) is 12.3. The van der Waals surface area contributed by atoms with E-state index >= 15 is 0 Å². The summed E-state index contributed by atoms with van der Waals surface area (Å²) in [5.74, 6) is 0.279. The molecule has 1 aromatic carbocycles. The molecule has 1 atom stereocenters. The van der Waals surface area contributed by atoms with E-state index in [0.29, 0.717) is 24.3 Å². The second-order valence-electron chi connectivity index (χ2n) is 3.88. The summed E-state index contributed by atoms with van der Waals surface area (Å²) in [5.41, 5.74) is 0.481. The lowest BCUT2D eigenvalue weighted by Gasteiger charge is -2.12. The lowest BCUT2D eigenvalue weighted by molar-refractivity contribution is -0.119. The van der Waals surface area contributed by atoms with Crippen LogP contribution in [0.3, 0.4) is 0 Å². The molecule has 0 aromatic heterocycles. The largest absolute Gasteiger partial charge is 0.496 e. The van der Waals surface area contributed by atoms with E-state index in [1.54, 1.807) is 24.3 Å². The number of hydrogen-bond donors (Lipinski definition) is 2. The molecular formula is C12H14N2O3. The van der Waals surface area contributed by atoms with Gasteiger partial charge in [0.1, 0.15) is 5.75 Å². The van der Waals surface area contributed by atoms with Crippen LogP contribution in [-0.4, -0.2) is 31.5 Å². The number of hydrogen-bond acceptors (Lipinski definition) is 3. The van der Waals surface area contributed by atoms with Crippen LogP contribution in [0.15, 0.2) is 24.3 Å². The molecule has 2 N–H and O–H groups in total. The fraction of sp³-hybridized carbons (Fsp3) is 0.333. The SMILES string of the molecule is COc1ccccc1C(=O)NC1CNC(=O)C1. The number of rotatable bonds is 3. The summed E-state index contributed by atoms with van der Waals surface area (Å²) in [7, 11) is 1.52. The summed E-state index contributed by atoms with van der Waals surface area (Å²) in [4.78, 5) is 23.0. The van der Waals surface area contributed by atoms with E-state index in [4.69, 9.17) is 4.74 Å². The van der Waals surface area contributed by atoms with Crippen molar-refractivity contribution in [2.75, 3.05) is 13.7 Å². The predicted molar refractivity (Wildman–Crippen MR) is 61.9 cm³/mol. The van der Waals surface area contributed by atoms with Crippen LogP contribution in [0.1, 0.15) is 16.8 Å². The van der Waals surface area contributed by atoms with Crippen molar-refractivity contribution >= 4 is 11.8 Å². The molecular weight excluding hydrogens is 220 g/mol. The third-order valence-electron chi connectivity index (χ3n) is 2.66. The molecule has 2 rings (SSSR count). The van der Waals surface area contributed by atoms with E-state index in [0.717, 1.165) is 0 Å². The summed E-state index contributed by atoms with van der Waals surface area (Å²) < 4.78 is 5.11. The Balaban J connectivity index is 2.06. The third-order valence-corrected chi connectivity index (χ3v) is 2.66. The van der Waals surface area contributed by atoms with E-state index in [1.165, 1.54) is 7.11 Å². The molecule has 1 unspecified atom stereocenters. The molecule has 1 aromatic rings. The van der Waals surface area contributed by atoms with Crippen molar-refractivity contribution in [2.24, 2.45) is 0 Å². The first-order valence-corrected chi connectivity index (χ1v) is 5.41. The second kappa shape index (κ2) is 4.86. The molecule has 1 aliphatic rings. The lowest BCUT2D eigenvalue weighted by Crippen LogP contribution is -2.36. The quantitative estimate of drug-likeness (QED) is 0.791. The summed E-state index contributed by atoms with van der Waals surface area (Å²) in [6, 6.07) is 6.86. The minimum absolute atomic E-state index is 0.0321. The van der Waals surface area contributed by atoms with Gasteiger partial charge in [0.05, 0.1) is 18.7 Å². The van der Waals surface area contributed by atoms with Gasteiger partial charge in [0.25, 0.3) is 5.91 Å². The molecule has 1 saturated heterocycles. The minimum Gasteiger partial charge on any atom is -0.496 e. The Labute approximate surface area is 99.2 Å². The van der Waals surface area contributed by atoms with Gasteiger partial charge in [-0.25, -0.2) is 0 Å². The first-order valence-electron chi connectivity index (χ1n) is 5.41. The smallest absolute Gasteiger partial charge is 0.255 e. The zero-order valence-electron chi connectivity index (χ0n) is 9.53. The van der Waals surface area contributed by atoms with Crippen LogP contribution >= 0.6 is 0 Å². The average molecular weight is 234 g/mol. The van der Waals surface area contributed by atoms with E-state index in [2.05, 4.69) is 10.6 Å². The summed E-state index contributed by atoms with van der Waals surface area (Å²) in [5, 5.41) is 5.47. The molecule has 2 amide bonds. The molecule has 0 spiro atoms. The van der Waals surface area contributed by atoms with Crippen molar-refractivity contribution in [1.29, 1.82) is 0 Å². The molecule has 1 fully saturated rings. The van der Waals surface area contributed by atoms with Crippen LogP contribution < -0.4 is 15.4 Å². The standard InChI is InChI=1S/C12H14N2O3/c1-17-10-5-3-2-4-9(10)12(16)14-8-6-11(15)13-7-8/h2-5,8H,6-7H2,1H3,(H,13,15)(H,14,16). The van der Waals surface area contributed by atoms with Crippen LogP contribution in [0.25, 0.3) is 0 Å². The molecule has 17 heavy (non-hydrogen) atoms. The fourth-order valence-electron chi connectivity index (χ4n) is 1.80. The Morgan fingerprint density at radius 2 is 2.24 bits per heavy atom. The van der Waals surface area contributed by atoms with Gasteiger partial charge < -0.3 is 15.4 Å². The first-order chi connectivity index (χ1) is 8.20. The Bertz CT molecular complexity index is 445. The van der Waals surface area contributed by atoms with Crippen molar-refractivity contribution < 1.29 is 14.3 Å². The maximum Gasteiger partial charge on any atom is 0.255 e. The van der Waals surface area contributed by atoms with Gasteiger partial charge in [-0.15, -0.1) is 0 Å². The summed E-state index contributed by atoms with van der Waals surface area (Å²) in [6.07, 6.45) is 0.334. The minimum atomic E-state index is -0.219. The average Bonchev–Trinajstić information content (AvgIpc) is 2.74. The molecule has 0 radical (unpaired) electrons. The number of para-hydroxylation sites is 1. The molecule has 90 valence electrons. The van der Waals surface area contributed by atoms with E-state index in [9.17, 15) is 9.59 Å². The Morgan fingerprint density at radius 1 is 1.47 bits per heavy atom. The van der Waals surface area contributed by atoms with Crippen molar-refractivity contribution in [1.82, 2.24) is 10.6 Å². The van der Waals surface area contributed by atoms with Crippen LogP contribution in [0.2, 0.25) is 0 Å². The molecule has 0 saturated carbocycles. The van der Waals surface area contributed by atoms with Crippen LogP contribution in [0, 0.1) is 0 Å². The molecule has 0 bridgehead atoms. The van der Waals surface area contributed by atoms with E-state index in [-0.39, 0.29) is 17.9 Å². The van der Waals surface area contributed by atoms with Crippen LogP contribution in [0.4, 0.5) is 0 Å². The summed E-state index contributed by atoms with van der Waals surface area (Å²) in [6.45, 7) is 0.486. The molecule has 1 aliphatic heterocycles. The molecule has 0 aliphatic carbocycles. The topological polar surface area (TPSA) is 67.4 Å². The monoisotopic (exact) mass is 234 g/mol. The van der Waals surface area contributed by atoms with E-state index < -0.39 is 0 Å². The molecule has 5 heteroatoms. The highest BCUT2D eigenvalue weighted by molar-refractivity contribution is 5.97. The summed E-state index contributed by atoms with van der Waals surface area (Å²) >= 11 is 0. The normalized spacial score (nSPS) is 18.6. The van der Waals surface area contributed by atoms with Gasteiger partial charge >= 0.3 is 0 Å². The second-order valence-corrected chi connectivity index (χ2v) is 3.88. The van der Waals surface area contributed by atoms with Crippen molar-refractivity contribution in [2.45, 2.75) is 12.5 Å². The number of carbonyl (C=O) groups is 2. The highest BCUT2D eigenvalue weighted by Crippen LogP contribution is 2.17. The maximum atomic E-state index is 12.0. The Kier molecular flexibility index (Phi) is 3.27. The van der Waals surface area contributed by atoms with Gasteiger partial charge in [-0.1, -0.05) is 12.1 Å². The van der Waals surface area contributed by atoms with Crippen molar-refractivity contribution in [3.63, 3.8) is 0 Å². The predicted octanol–water partition coefficient (Wildman–Crippen LogP) is 0.313. The van der Waals surface area contributed by atoms with Gasteiger partial charge in [-0.2, -0.15) is 0 Å². The number of ether oxygens (including phenoxy) is 1. The van der Waals surface area contributed by atoms with Gasteiger partial charge in [0.15, 0.2) is 0 Å². The van der Waals surface area contributed by atoms with Crippen LogP contribution in [-0.2, 0) is 4.79 Å². The van der Waals surface area contributed by atoms with Gasteiger partial charge in [0, 0.05) is 13.0 Å². The van der Waals surface area contributed by atoms with Crippen molar-refractivity contribution in [3.8, 4) is 5.75 Å². The highest BCUT2D eigenvalue weighted by atomic mass is 16.5. The van der Waals surface area contributed by atoms with E-state index in [1.807, 2.05) is 0 Å². The number of benzene rings is 1. The third kappa shape index (κ3) is 2.55. The highest BCUT2D eigenvalue weighted by Gasteiger charge is 2.24. The first kappa shape index (κ1) is 11.4. The molecule has 5 nitrogen and oxygen atoms in total. The number of methoxy groups -OCH3 is 1. The fourth-order valence-corrected chi connectivity index (χ4v) is 1.80. The number of nitrogens with one attached hydrogen (secondary N) is 2. The Morgan fingerprint density at radius 3 is 2.88 bits per heavy atom. The van der Waals surface area contributed by atoms with Gasteiger partial charge in [-0.3, -0.25) is 9.59 Å². The van der Waals surface area contributed by atoms with Gasteiger partial charge in [-0.05, 0) is 12.1 Å². The van der Waals surface area contributed by atoms with Crippen LogP contribution in [0.5, 0.6) is 5.75 Å². The van der Waals surface area contributed by atoms with Crippen molar-refractivity contribution in [3.05, 3.63) is 29.8 Å². The number of amides is 2. The Hall–Kier alpha value is -2.04. The number of carbonyl (C=O) groups excluding carboxylic acids is 2.